The zero-order valence-electron chi connectivity index (χ0n) is 8.35. The van der Waals surface area contributed by atoms with Crippen molar-refractivity contribution in [3.63, 3.8) is 0 Å². The van der Waals surface area contributed by atoms with Gasteiger partial charge in [0.2, 0.25) is 0 Å². The summed E-state index contributed by atoms with van der Waals surface area (Å²) in [6, 6.07) is 3.04. The average molecular weight is 213 g/mol. The molecule has 76 valence electrons. The molecular weight excluding hydrogens is 201 g/mol. The molecule has 1 aromatic rings. The van der Waals surface area contributed by atoms with Gasteiger partial charge in [-0.15, -0.1) is 0 Å². The number of methoxy groups -OCH3 is 1. The van der Waals surface area contributed by atoms with Gasteiger partial charge in [-0.3, -0.25) is 4.98 Å². The number of pyridine rings is 1. The lowest BCUT2D eigenvalue weighted by atomic mass is 10.3. The van der Waals surface area contributed by atoms with Crippen LogP contribution in [0.15, 0.2) is 18.3 Å². The van der Waals surface area contributed by atoms with Crippen LogP contribution in [0.4, 0.5) is 0 Å². The highest BCUT2D eigenvalue weighted by Gasteiger charge is 2.15. The molecule has 1 rings (SSSR count). The van der Waals surface area contributed by atoms with Crippen LogP contribution < -0.4 is 5.44 Å². The molecule has 4 nitrogen and oxygen atoms in total. The lowest BCUT2D eigenvalue weighted by Crippen LogP contribution is -2.12. The standard InChI is InChI=1S/C9H12NO3P/c1-13-9(11)7-4-5-10-8(6-7)14(2,3)12/h4-6H,1-3H3. The molecule has 0 aromatic carbocycles. The Labute approximate surface area is 82.7 Å². The van der Waals surface area contributed by atoms with Gasteiger partial charge in [-0.2, -0.15) is 0 Å². The summed E-state index contributed by atoms with van der Waals surface area (Å²) in [5.74, 6) is -0.443. The third-order valence-corrected chi connectivity index (χ3v) is 3.07. The third-order valence-electron chi connectivity index (χ3n) is 1.72. The summed E-state index contributed by atoms with van der Waals surface area (Å²) >= 11 is 0. The molecule has 1 aromatic heterocycles. The van der Waals surface area contributed by atoms with Gasteiger partial charge in [0.25, 0.3) is 0 Å². The Kier molecular flexibility index (Phi) is 3.06. The summed E-state index contributed by atoms with van der Waals surface area (Å²) in [4.78, 5) is 15.1. The maximum atomic E-state index is 11.7. The molecule has 1 heterocycles. The largest absolute Gasteiger partial charge is 0.465 e. The van der Waals surface area contributed by atoms with Crippen LogP contribution in [0, 0.1) is 0 Å². The fraction of sp³-hybridized carbons (Fsp3) is 0.333. The first-order chi connectivity index (χ1) is 6.45. The van der Waals surface area contributed by atoms with E-state index in [0.29, 0.717) is 11.0 Å². The summed E-state index contributed by atoms with van der Waals surface area (Å²) in [7, 11) is -1.11. The van der Waals surface area contributed by atoms with Gasteiger partial charge >= 0.3 is 5.97 Å². The highest BCUT2D eigenvalue weighted by Crippen LogP contribution is 2.33. The Bertz CT molecular complexity index is 397. The molecule has 0 aliphatic heterocycles. The van der Waals surface area contributed by atoms with Crippen LogP contribution in [0.25, 0.3) is 0 Å². The van der Waals surface area contributed by atoms with Crippen LogP contribution >= 0.6 is 7.14 Å². The Morgan fingerprint density at radius 1 is 1.50 bits per heavy atom. The summed E-state index contributed by atoms with van der Waals surface area (Å²) in [6.45, 7) is 3.22. The van der Waals surface area contributed by atoms with Crippen LogP contribution in [0.3, 0.4) is 0 Å². The van der Waals surface area contributed by atoms with E-state index < -0.39 is 13.1 Å². The fourth-order valence-electron chi connectivity index (χ4n) is 0.958. The minimum atomic E-state index is -2.41. The van der Waals surface area contributed by atoms with Crippen molar-refractivity contribution < 1.29 is 14.1 Å². The molecule has 0 aliphatic rings. The Balaban J connectivity index is 3.14. The number of esters is 1. The number of carbonyl (C=O) groups is 1. The minimum Gasteiger partial charge on any atom is -0.465 e. The maximum absolute atomic E-state index is 11.7. The minimum absolute atomic E-state index is 0.376. The van der Waals surface area contributed by atoms with Gasteiger partial charge in [-0.05, 0) is 25.5 Å². The maximum Gasteiger partial charge on any atom is 0.337 e. The van der Waals surface area contributed by atoms with E-state index in [-0.39, 0.29) is 0 Å². The van der Waals surface area contributed by atoms with Gasteiger partial charge < -0.3 is 9.30 Å². The second-order valence-electron chi connectivity index (χ2n) is 3.25. The first-order valence-electron chi connectivity index (χ1n) is 4.05. The molecule has 0 radical (unpaired) electrons. The molecule has 5 heteroatoms. The van der Waals surface area contributed by atoms with Crippen molar-refractivity contribution in [2.24, 2.45) is 0 Å². The van der Waals surface area contributed by atoms with Crippen molar-refractivity contribution in [2.45, 2.75) is 0 Å². The Morgan fingerprint density at radius 2 is 2.14 bits per heavy atom. The molecule has 0 atom stereocenters. The van der Waals surface area contributed by atoms with Gasteiger partial charge in [-0.1, -0.05) is 0 Å². The van der Waals surface area contributed by atoms with Gasteiger partial charge in [0, 0.05) is 6.20 Å². The molecule has 0 spiro atoms. The molecular formula is C9H12NO3P. The molecule has 0 amide bonds. The average Bonchev–Trinajstić information content (AvgIpc) is 2.15. The summed E-state index contributed by atoms with van der Waals surface area (Å²) in [6.07, 6.45) is 1.46. The monoisotopic (exact) mass is 213 g/mol. The van der Waals surface area contributed by atoms with Crippen LogP contribution in [0.2, 0.25) is 0 Å². The van der Waals surface area contributed by atoms with E-state index in [1.165, 1.54) is 25.4 Å². The Morgan fingerprint density at radius 3 is 2.64 bits per heavy atom. The smallest absolute Gasteiger partial charge is 0.337 e. The highest BCUT2D eigenvalue weighted by atomic mass is 31.2. The first-order valence-corrected chi connectivity index (χ1v) is 6.65. The number of hydrogen-bond donors (Lipinski definition) is 0. The first kappa shape index (κ1) is 10.9. The van der Waals surface area contributed by atoms with Gasteiger partial charge in [0.1, 0.15) is 12.6 Å². The lowest BCUT2D eigenvalue weighted by molar-refractivity contribution is 0.0600. The van der Waals surface area contributed by atoms with Crippen molar-refractivity contribution in [3.8, 4) is 0 Å². The predicted molar refractivity (Wildman–Crippen MR) is 54.7 cm³/mol. The molecule has 0 saturated carbocycles. The summed E-state index contributed by atoms with van der Waals surface area (Å²) in [5, 5.41) is 0. The second-order valence-corrected chi connectivity index (χ2v) is 6.41. The summed E-state index contributed by atoms with van der Waals surface area (Å²) < 4.78 is 16.2. The van der Waals surface area contributed by atoms with Crippen molar-refractivity contribution in [1.29, 1.82) is 0 Å². The molecule has 0 saturated heterocycles. The predicted octanol–water partition coefficient (Wildman–Crippen LogP) is 1.12. The normalized spacial score (nSPS) is 11.1. The number of hydrogen-bond acceptors (Lipinski definition) is 4. The van der Waals surface area contributed by atoms with Crippen LogP contribution in [0.1, 0.15) is 10.4 Å². The van der Waals surface area contributed by atoms with Crippen LogP contribution in [-0.4, -0.2) is 31.4 Å². The molecule has 0 fully saturated rings. The van der Waals surface area contributed by atoms with E-state index in [0.717, 1.165) is 0 Å². The highest BCUT2D eigenvalue weighted by molar-refractivity contribution is 7.69. The van der Waals surface area contributed by atoms with Crippen LogP contribution in [-0.2, 0) is 9.30 Å². The molecule has 0 N–H and O–H groups in total. The SMILES string of the molecule is COC(=O)c1ccnc(P(C)(C)=O)c1. The number of aromatic nitrogens is 1. The van der Waals surface area contributed by atoms with Gasteiger partial charge in [0.15, 0.2) is 0 Å². The Hall–Kier alpha value is -1.15. The molecule has 14 heavy (non-hydrogen) atoms. The number of carbonyl (C=O) groups excluding carboxylic acids is 1. The van der Waals surface area contributed by atoms with Crippen molar-refractivity contribution in [1.82, 2.24) is 4.98 Å². The van der Waals surface area contributed by atoms with Crippen molar-refractivity contribution in [2.75, 3.05) is 20.4 Å². The van der Waals surface area contributed by atoms with E-state index in [2.05, 4.69) is 9.72 Å². The van der Waals surface area contributed by atoms with Crippen LogP contribution in [0.5, 0.6) is 0 Å². The van der Waals surface area contributed by atoms with E-state index in [1.807, 2.05) is 0 Å². The van der Waals surface area contributed by atoms with Crippen molar-refractivity contribution >= 4 is 18.5 Å². The van der Waals surface area contributed by atoms with Gasteiger partial charge in [-0.25, -0.2) is 4.79 Å². The molecule has 0 aliphatic carbocycles. The molecule has 0 unspecified atom stereocenters. The summed E-state index contributed by atoms with van der Waals surface area (Å²) in [5.41, 5.74) is 0.821. The topological polar surface area (TPSA) is 56.3 Å². The quantitative estimate of drug-likeness (QED) is 0.545. The van der Waals surface area contributed by atoms with E-state index in [4.69, 9.17) is 0 Å². The lowest BCUT2D eigenvalue weighted by Gasteiger charge is -2.06. The number of ether oxygens (including phenoxy) is 1. The zero-order valence-corrected chi connectivity index (χ0v) is 9.25. The van der Waals surface area contributed by atoms with E-state index >= 15 is 0 Å². The van der Waals surface area contributed by atoms with E-state index in [1.54, 1.807) is 13.3 Å². The third kappa shape index (κ3) is 2.42. The second kappa shape index (κ2) is 3.93. The number of nitrogens with zero attached hydrogens (tertiary/aromatic N) is 1. The fourth-order valence-corrected chi connectivity index (χ4v) is 1.75. The number of rotatable bonds is 2. The van der Waals surface area contributed by atoms with Gasteiger partial charge in [0.05, 0.1) is 12.7 Å². The van der Waals surface area contributed by atoms with Crippen molar-refractivity contribution in [3.05, 3.63) is 23.9 Å². The molecule has 0 bridgehead atoms. The zero-order chi connectivity index (χ0) is 10.8. The van der Waals surface area contributed by atoms with E-state index in [9.17, 15) is 9.36 Å².